The lowest BCUT2D eigenvalue weighted by Gasteiger charge is -2.33. The van der Waals surface area contributed by atoms with E-state index < -0.39 is 5.60 Å². The number of nitrogens with one attached hydrogen (secondary N) is 1. The van der Waals surface area contributed by atoms with E-state index >= 15 is 0 Å². The summed E-state index contributed by atoms with van der Waals surface area (Å²) in [4.78, 5) is 0. The first kappa shape index (κ1) is 14.4. The molecule has 2 unspecified atom stereocenters. The van der Waals surface area contributed by atoms with Crippen LogP contribution in [0.25, 0.3) is 0 Å². The van der Waals surface area contributed by atoms with Gasteiger partial charge < -0.3 is 10.4 Å². The molecule has 1 aromatic carbocycles. The van der Waals surface area contributed by atoms with Crippen LogP contribution in [0.1, 0.15) is 36.8 Å². The van der Waals surface area contributed by atoms with E-state index in [1.807, 2.05) is 12.1 Å². The molecule has 0 aromatic heterocycles. The van der Waals surface area contributed by atoms with E-state index in [0.717, 1.165) is 18.4 Å². The van der Waals surface area contributed by atoms with Crippen LogP contribution in [-0.4, -0.2) is 22.8 Å². The summed E-state index contributed by atoms with van der Waals surface area (Å²) in [6.07, 6.45) is 3.89. The van der Waals surface area contributed by atoms with Gasteiger partial charge in [-0.25, -0.2) is 0 Å². The third-order valence-corrected chi connectivity index (χ3v) is 3.96. The molecule has 2 saturated heterocycles. The van der Waals surface area contributed by atoms with Crippen molar-refractivity contribution in [2.45, 2.75) is 50.3 Å². The number of piperidine rings is 1. The van der Waals surface area contributed by atoms with Crippen LogP contribution in [0, 0.1) is 18.8 Å². The number of benzene rings is 1. The van der Waals surface area contributed by atoms with Crippen molar-refractivity contribution in [3.8, 4) is 11.8 Å². The Morgan fingerprint density at radius 1 is 1.26 bits per heavy atom. The minimum absolute atomic E-state index is 0. The van der Waals surface area contributed by atoms with Crippen LogP contribution in [0.3, 0.4) is 0 Å². The van der Waals surface area contributed by atoms with Crippen molar-refractivity contribution in [3.05, 3.63) is 35.4 Å². The second-order valence-electron chi connectivity index (χ2n) is 5.70. The second-order valence-corrected chi connectivity index (χ2v) is 5.70. The Hall–Kier alpha value is -1.01. The lowest BCUT2D eigenvalue weighted by atomic mass is 9.88. The highest BCUT2D eigenvalue weighted by Crippen LogP contribution is 2.33. The molecule has 0 radical (unpaired) electrons. The first-order valence-electron chi connectivity index (χ1n) is 6.71. The maximum Gasteiger partial charge on any atom is 0.128 e. The molecule has 2 aliphatic heterocycles. The van der Waals surface area contributed by atoms with E-state index in [-0.39, 0.29) is 12.4 Å². The van der Waals surface area contributed by atoms with Gasteiger partial charge in [-0.2, -0.15) is 0 Å². The summed E-state index contributed by atoms with van der Waals surface area (Å²) in [5.74, 6) is 6.24. The number of hydrogen-bond donors (Lipinski definition) is 2. The zero-order valence-corrected chi connectivity index (χ0v) is 12.0. The maximum atomic E-state index is 10.6. The van der Waals surface area contributed by atoms with Gasteiger partial charge in [0, 0.05) is 30.5 Å². The van der Waals surface area contributed by atoms with E-state index in [1.54, 1.807) is 0 Å². The Morgan fingerprint density at radius 3 is 2.58 bits per heavy atom. The van der Waals surface area contributed by atoms with E-state index in [0.29, 0.717) is 12.1 Å². The van der Waals surface area contributed by atoms with Crippen LogP contribution in [0.2, 0.25) is 0 Å². The first-order valence-corrected chi connectivity index (χ1v) is 6.71. The minimum atomic E-state index is -0.791. The van der Waals surface area contributed by atoms with Gasteiger partial charge in [0.2, 0.25) is 0 Å². The summed E-state index contributed by atoms with van der Waals surface area (Å²) in [5, 5.41) is 14.1. The van der Waals surface area contributed by atoms with Crippen LogP contribution >= 0.6 is 12.4 Å². The molecule has 2 atom stereocenters. The molecule has 0 amide bonds. The number of aliphatic hydroxyl groups is 1. The first-order chi connectivity index (χ1) is 8.63. The van der Waals surface area contributed by atoms with Crippen molar-refractivity contribution >= 4 is 12.4 Å². The Kier molecular flexibility index (Phi) is 4.20. The van der Waals surface area contributed by atoms with Crippen molar-refractivity contribution in [1.29, 1.82) is 0 Å². The van der Waals surface area contributed by atoms with Crippen LogP contribution < -0.4 is 5.32 Å². The molecule has 0 aliphatic carbocycles. The molecule has 2 heterocycles. The smallest absolute Gasteiger partial charge is 0.128 e. The fourth-order valence-corrected chi connectivity index (χ4v) is 3.14. The van der Waals surface area contributed by atoms with Crippen LogP contribution in [-0.2, 0) is 0 Å². The highest BCUT2D eigenvalue weighted by atomic mass is 35.5. The molecule has 102 valence electrons. The largest absolute Gasteiger partial charge is 0.377 e. The highest BCUT2D eigenvalue weighted by Gasteiger charge is 2.41. The third-order valence-electron chi connectivity index (χ3n) is 3.96. The molecule has 1 aromatic rings. The molecule has 2 nitrogen and oxygen atoms in total. The van der Waals surface area contributed by atoms with Crippen molar-refractivity contribution in [2.24, 2.45) is 0 Å². The Balaban J connectivity index is 0.00000133. The van der Waals surface area contributed by atoms with E-state index in [4.69, 9.17) is 0 Å². The zero-order chi connectivity index (χ0) is 12.6. The molecular formula is C16H20ClNO. The average molecular weight is 278 g/mol. The van der Waals surface area contributed by atoms with Gasteiger partial charge in [0.15, 0.2) is 0 Å². The van der Waals surface area contributed by atoms with Gasteiger partial charge in [-0.3, -0.25) is 0 Å². The van der Waals surface area contributed by atoms with Gasteiger partial charge in [-0.1, -0.05) is 24.0 Å². The van der Waals surface area contributed by atoms with Gasteiger partial charge in [0.25, 0.3) is 0 Å². The maximum absolute atomic E-state index is 10.6. The molecule has 2 fully saturated rings. The number of rotatable bonds is 0. The Bertz CT molecular complexity index is 505. The lowest BCUT2D eigenvalue weighted by molar-refractivity contribution is 0.0480. The van der Waals surface area contributed by atoms with Gasteiger partial charge in [-0.05, 0) is 37.5 Å². The van der Waals surface area contributed by atoms with Gasteiger partial charge in [0.1, 0.15) is 5.60 Å². The zero-order valence-electron chi connectivity index (χ0n) is 11.1. The third kappa shape index (κ3) is 3.30. The molecule has 2 bridgehead atoms. The average Bonchev–Trinajstić information content (AvgIpc) is 2.67. The molecule has 0 saturated carbocycles. The fourth-order valence-electron chi connectivity index (χ4n) is 3.14. The van der Waals surface area contributed by atoms with Crippen molar-refractivity contribution < 1.29 is 5.11 Å². The SMILES string of the molecule is Cc1cccc(C#CC2(O)CC3CCC(C2)N3)c1.Cl. The summed E-state index contributed by atoms with van der Waals surface area (Å²) in [7, 11) is 0. The molecule has 2 N–H and O–H groups in total. The van der Waals surface area contributed by atoms with Crippen LogP contribution in [0.5, 0.6) is 0 Å². The summed E-state index contributed by atoms with van der Waals surface area (Å²) < 4.78 is 0. The molecule has 3 rings (SSSR count). The monoisotopic (exact) mass is 277 g/mol. The van der Waals surface area contributed by atoms with Gasteiger partial charge >= 0.3 is 0 Å². The van der Waals surface area contributed by atoms with Gasteiger partial charge in [0.05, 0.1) is 0 Å². The standard InChI is InChI=1S/C16H19NO.ClH/c1-12-3-2-4-13(9-12)7-8-16(18)10-14-5-6-15(11-16)17-14;/h2-4,9,14-15,17-18H,5-6,10-11H2,1H3;1H. The lowest BCUT2D eigenvalue weighted by Crippen LogP contribution is -2.47. The molecule has 2 aliphatic rings. The number of halogens is 1. The quantitative estimate of drug-likeness (QED) is 0.714. The predicted octanol–water partition coefficient (Wildman–Crippen LogP) is 2.41. The molecule has 0 spiro atoms. The van der Waals surface area contributed by atoms with E-state index in [1.165, 1.54) is 18.4 Å². The Morgan fingerprint density at radius 2 is 1.95 bits per heavy atom. The van der Waals surface area contributed by atoms with E-state index in [2.05, 4.69) is 36.2 Å². The predicted molar refractivity (Wildman–Crippen MR) is 79.4 cm³/mol. The van der Waals surface area contributed by atoms with Crippen LogP contribution in [0.15, 0.2) is 24.3 Å². The van der Waals surface area contributed by atoms with Crippen LogP contribution in [0.4, 0.5) is 0 Å². The highest BCUT2D eigenvalue weighted by molar-refractivity contribution is 5.85. The minimum Gasteiger partial charge on any atom is -0.377 e. The topological polar surface area (TPSA) is 32.3 Å². The fraction of sp³-hybridized carbons (Fsp3) is 0.500. The molecule has 19 heavy (non-hydrogen) atoms. The second kappa shape index (κ2) is 5.54. The number of hydrogen-bond acceptors (Lipinski definition) is 2. The Labute approximate surface area is 121 Å². The number of fused-ring (bicyclic) bond motifs is 2. The molecule has 3 heteroatoms. The van der Waals surface area contributed by atoms with Gasteiger partial charge in [-0.15, -0.1) is 12.4 Å². The number of aryl methyl sites for hydroxylation is 1. The summed E-state index contributed by atoms with van der Waals surface area (Å²) >= 11 is 0. The van der Waals surface area contributed by atoms with Crippen molar-refractivity contribution in [2.75, 3.05) is 0 Å². The normalized spacial score (nSPS) is 32.1. The summed E-state index contributed by atoms with van der Waals surface area (Å²) in [5.41, 5.74) is 1.41. The van der Waals surface area contributed by atoms with Crippen molar-refractivity contribution in [3.63, 3.8) is 0 Å². The van der Waals surface area contributed by atoms with Crippen molar-refractivity contribution in [1.82, 2.24) is 5.32 Å². The summed E-state index contributed by atoms with van der Waals surface area (Å²) in [6, 6.07) is 9.05. The molecular weight excluding hydrogens is 258 g/mol. The van der Waals surface area contributed by atoms with E-state index in [9.17, 15) is 5.11 Å². The summed E-state index contributed by atoms with van der Waals surface area (Å²) in [6.45, 7) is 2.06.